The van der Waals surface area contributed by atoms with Gasteiger partial charge in [0.2, 0.25) is 0 Å². The quantitative estimate of drug-likeness (QED) is 0.377. The van der Waals surface area contributed by atoms with Crippen LogP contribution in [0.2, 0.25) is 0 Å². The number of unbranched alkanes of at least 4 members (excludes halogenated alkanes) is 6. The van der Waals surface area contributed by atoms with Crippen molar-refractivity contribution in [2.24, 2.45) is 0 Å². The summed E-state index contributed by atoms with van der Waals surface area (Å²) < 4.78 is 12.0. The SMILES string of the molecule is CCCCCC[C@@H](O)P(=O)(O)[C@@H](O)CCCCCC. The maximum absolute atomic E-state index is 12.0. The Hall–Kier alpha value is 0.110. The van der Waals surface area contributed by atoms with E-state index in [1.54, 1.807) is 0 Å². The smallest absolute Gasteiger partial charge is 0.255 e. The van der Waals surface area contributed by atoms with Crippen molar-refractivity contribution in [3.63, 3.8) is 0 Å². The molecule has 19 heavy (non-hydrogen) atoms. The first-order valence-electron chi connectivity index (χ1n) is 7.65. The van der Waals surface area contributed by atoms with Crippen molar-refractivity contribution in [1.82, 2.24) is 0 Å². The topological polar surface area (TPSA) is 77.8 Å². The van der Waals surface area contributed by atoms with E-state index in [4.69, 9.17) is 0 Å². The molecule has 0 aliphatic carbocycles. The van der Waals surface area contributed by atoms with Crippen LogP contribution in [0.25, 0.3) is 0 Å². The van der Waals surface area contributed by atoms with E-state index in [1.807, 2.05) is 0 Å². The molecule has 0 aliphatic rings. The van der Waals surface area contributed by atoms with E-state index < -0.39 is 19.1 Å². The summed E-state index contributed by atoms with van der Waals surface area (Å²) in [6.07, 6.45) is 8.33. The Balaban J connectivity index is 4.00. The minimum Gasteiger partial charge on any atom is -0.383 e. The van der Waals surface area contributed by atoms with E-state index in [9.17, 15) is 19.7 Å². The molecule has 3 atom stereocenters. The van der Waals surface area contributed by atoms with E-state index in [2.05, 4.69) is 13.8 Å². The van der Waals surface area contributed by atoms with Gasteiger partial charge in [0.1, 0.15) is 11.7 Å². The third-order valence-electron chi connectivity index (χ3n) is 3.49. The highest BCUT2D eigenvalue weighted by Gasteiger charge is 2.36. The molecule has 0 bridgehead atoms. The Morgan fingerprint density at radius 3 is 1.47 bits per heavy atom. The molecule has 0 aromatic rings. The lowest BCUT2D eigenvalue weighted by Crippen LogP contribution is -2.18. The Kier molecular flexibility index (Phi) is 10.9. The van der Waals surface area contributed by atoms with Crippen molar-refractivity contribution in [1.29, 1.82) is 0 Å². The Labute approximate surface area is 117 Å². The van der Waals surface area contributed by atoms with Crippen LogP contribution in [0.5, 0.6) is 0 Å². The molecule has 0 amide bonds. The fraction of sp³-hybridized carbons (Fsp3) is 1.00. The highest BCUT2D eigenvalue weighted by molar-refractivity contribution is 7.59. The summed E-state index contributed by atoms with van der Waals surface area (Å²) in [4.78, 5) is 9.82. The van der Waals surface area contributed by atoms with Gasteiger partial charge in [-0.1, -0.05) is 65.2 Å². The van der Waals surface area contributed by atoms with Gasteiger partial charge in [-0.15, -0.1) is 0 Å². The summed E-state index contributed by atoms with van der Waals surface area (Å²) in [6.45, 7) is 4.18. The van der Waals surface area contributed by atoms with Crippen LogP contribution >= 0.6 is 7.37 Å². The summed E-state index contributed by atoms with van der Waals surface area (Å²) in [5.41, 5.74) is 0. The fourth-order valence-corrected chi connectivity index (χ4v) is 3.58. The average Bonchev–Trinajstić information content (AvgIpc) is 2.39. The third-order valence-corrected chi connectivity index (χ3v) is 5.71. The van der Waals surface area contributed by atoms with Crippen molar-refractivity contribution < 1.29 is 19.7 Å². The van der Waals surface area contributed by atoms with Crippen LogP contribution in [0.15, 0.2) is 0 Å². The Bertz CT molecular complexity index is 236. The molecule has 0 heterocycles. The molecule has 0 saturated heterocycles. The Morgan fingerprint density at radius 2 is 1.16 bits per heavy atom. The first-order chi connectivity index (χ1) is 8.96. The fourth-order valence-electron chi connectivity index (χ4n) is 2.08. The minimum absolute atomic E-state index is 0.305. The van der Waals surface area contributed by atoms with Gasteiger partial charge >= 0.3 is 0 Å². The molecule has 0 rings (SSSR count). The molecular weight excluding hydrogens is 263 g/mol. The van der Waals surface area contributed by atoms with E-state index >= 15 is 0 Å². The van der Waals surface area contributed by atoms with Crippen LogP contribution in [-0.2, 0) is 4.57 Å². The molecule has 0 radical (unpaired) electrons. The Morgan fingerprint density at radius 1 is 0.789 bits per heavy atom. The lowest BCUT2D eigenvalue weighted by molar-refractivity contribution is 0.170. The van der Waals surface area contributed by atoms with Gasteiger partial charge in [0.25, 0.3) is 7.37 Å². The van der Waals surface area contributed by atoms with Crippen LogP contribution in [0, 0.1) is 0 Å². The van der Waals surface area contributed by atoms with E-state index in [-0.39, 0.29) is 0 Å². The van der Waals surface area contributed by atoms with Crippen LogP contribution in [-0.4, -0.2) is 26.8 Å². The minimum atomic E-state index is -3.86. The molecule has 1 unspecified atom stereocenters. The molecule has 0 aliphatic heterocycles. The molecule has 0 fully saturated rings. The molecular formula is C14H31O4P. The van der Waals surface area contributed by atoms with Gasteiger partial charge in [-0.05, 0) is 12.8 Å². The first kappa shape index (κ1) is 19.1. The van der Waals surface area contributed by atoms with Gasteiger partial charge in [-0.2, -0.15) is 0 Å². The highest BCUT2D eigenvalue weighted by atomic mass is 31.2. The molecule has 0 saturated carbocycles. The van der Waals surface area contributed by atoms with Gasteiger partial charge in [-0.25, -0.2) is 0 Å². The lowest BCUT2D eigenvalue weighted by atomic mass is 10.2. The maximum Gasteiger partial charge on any atom is 0.255 e. The largest absolute Gasteiger partial charge is 0.383 e. The van der Waals surface area contributed by atoms with Crippen molar-refractivity contribution >= 4 is 7.37 Å². The lowest BCUT2D eigenvalue weighted by Gasteiger charge is -2.23. The maximum atomic E-state index is 12.0. The first-order valence-corrected chi connectivity index (χ1v) is 9.44. The molecule has 4 nitrogen and oxygen atoms in total. The molecule has 0 spiro atoms. The average molecular weight is 294 g/mol. The predicted molar refractivity (Wildman–Crippen MR) is 79.4 cm³/mol. The zero-order valence-electron chi connectivity index (χ0n) is 12.4. The van der Waals surface area contributed by atoms with Crippen LogP contribution in [0.1, 0.15) is 78.1 Å². The second-order valence-electron chi connectivity index (χ2n) is 5.33. The van der Waals surface area contributed by atoms with Gasteiger partial charge in [0, 0.05) is 0 Å². The number of aliphatic hydroxyl groups is 2. The second-order valence-corrected chi connectivity index (χ2v) is 7.87. The third kappa shape index (κ3) is 8.09. The number of aliphatic hydroxyl groups excluding tert-OH is 2. The van der Waals surface area contributed by atoms with Crippen molar-refractivity contribution in [3.05, 3.63) is 0 Å². The van der Waals surface area contributed by atoms with E-state index in [0.717, 1.165) is 51.4 Å². The van der Waals surface area contributed by atoms with Crippen LogP contribution in [0.3, 0.4) is 0 Å². The summed E-state index contributed by atoms with van der Waals surface area (Å²) in [5, 5.41) is 19.6. The van der Waals surface area contributed by atoms with Crippen molar-refractivity contribution in [2.75, 3.05) is 0 Å². The van der Waals surface area contributed by atoms with Gasteiger partial charge < -0.3 is 15.1 Å². The number of rotatable bonds is 12. The van der Waals surface area contributed by atoms with Gasteiger partial charge in [-0.3, -0.25) is 4.57 Å². The molecule has 0 aromatic carbocycles. The van der Waals surface area contributed by atoms with E-state index in [1.165, 1.54) is 0 Å². The van der Waals surface area contributed by atoms with Gasteiger partial charge in [0.15, 0.2) is 0 Å². The molecule has 0 aromatic heterocycles. The standard InChI is InChI=1S/C14H31O4P/c1-3-5-7-9-11-13(15)19(17,18)14(16)12-10-8-6-4-2/h13-16H,3-12H2,1-2H3,(H,17,18)/t13-,14+. The van der Waals surface area contributed by atoms with Crippen molar-refractivity contribution in [3.8, 4) is 0 Å². The molecule has 116 valence electrons. The zero-order valence-corrected chi connectivity index (χ0v) is 13.3. The molecule has 3 N–H and O–H groups in total. The van der Waals surface area contributed by atoms with Crippen molar-refractivity contribution in [2.45, 2.75) is 89.7 Å². The van der Waals surface area contributed by atoms with Crippen LogP contribution < -0.4 is 0 Å². The number of hydrogen-bond donors (Lipinski definition) is 3. The normalized spacial score (nSPS) is 17.9. The summed E-state index contributed by atoms with van der Waals surface area (Å²) in [7, 11) is -3.86. The summed E-state index contributed by atoms with van der Waals surface area (Å²) >= 11 is 0. The predicted octanol–water partition coefficient (Wildman–Crippen LogP) is 3.83. The molecule has 5 heteroatoms. The zero-order chi connectivity index (χ0) is 14.7. The summed E-state index contributed by atoms with van der Waals surface area (Å²) in [6, 6.07) is 0. The monoisotopic (exact) mass is 294 g/mol. The highest BCUT2D eigenvalue weighted by Crippen LogP contribution is 2.52. The number of hydrogen-bond acceptors (Lipinski definition) is 3. The summed E-state index contributed by atoms with van der Waals surface area (Å²) in [5.74, 6) is -2.55. The second kappa shape index (κ2) is 10.8. The van der Waals surface area contributed by atoms with Crippen LogP contribution in [0.4, 0.5) is 0 Å². The van der Waals surface area contributed by atoms with Gasteiger partial charge in [0.05, 0.1) is 0 Å². The van der Waals surface area contributed by atoms with E-state index in [0.29, 0.717) is 12.8 Å².